The molecule has 0 aliphatic carbocycles. The van der Waals surface area contributed by atoms with Crippen molar-refractivity contribution in [2.24, 2.45) is 0 Å². The topological polar surface area (TPSA) is 98.8 Å². The highest BCUT2D eigenvalue weighted by Crippen LogP contribution is 2.37. The highest BCUT2D eigenvalue weighted by atomic mass is 35.5. The van der Waals surface area contributed by atoms with Crippen LogP contribution in [-0.2, 0) is 12.7 Å². The highest BCUT2D eigenvalue weighted by molar-refractivity contribution is 6.34. The normalized spacial score (nSPS) is 11.8. The zero-order valence-corrected chi connectivity index (χ0v) is 16.9. The molecule has 0 amide bonds. The fraction of sp³-hybridized carbons (Fsp3) is 0.105. The first-order valence-corrected chi connectivity index (χ1v) is 9.41. The van der Waals surface area contributed by atoms with Crippen molar-refractivity contribution in [2.45, 2.75) is 12.7 Å². The molecule has 1 aromatic carbocycles. The molecule has 0 aliphatic rings. The van der Waals surface area contributed by atoms with Crippen LogP contribution >= 0.6 is 23.2 Å². The lowest BCUT2D eigenvalue weighted by atomic mass is 10.2. The number of fused-ring (bicyclic) bond motifs is 1. The van der Waals surface area contributed by atoms with Crippen LogP contribution in [0, 0.1) is 0 Å². The van der Waals surface area contributed by atoms with Crippen molar-refractivity contribution in [1.82, 2.24) is 19.7 Å². The minimum absolute atomic E-state index is 0.109. The van der Waals surface area contributed by atoms with Crippen molar-refractivity contribution >= 4 is 40.1 Å². The number of alkyl halides is 3. The smallest absolute Gasteiger partial charge is 0.420 e. The maximum Gasteiger partial charge on any atom is 0.420 e. The Labute approximate surface area is 182 Å². The molecular formula is C19H12Cl2F3N5O2. The van der Waals surface area contributed by atoms with Gasteiger partial charge < -0.3 is 15.0 Å². The van der Waals surface area contributed by atoms with E-state index in [1.54, 1.807) is 12.1 Å². The van der Waals surface area contributed by atoms with Crippen LogP contribution in [0.2, 0.25) is 10.0 Å². The van der Waals surface area contributed by atoms with Crippen LogP contribution in [0.1, 0.15) is 11.3 Å². The number of H-pyrrole nitrogens is 1. The summed E-state index contributed by atoms with van der Waals surface area (Å²) in [5.41, 5.74) is 4.17. The summed E-state index contributed by atoms with van der Waals surface area (Å²) < 4.78 is 46.9. The third kappa shape index (κ3) is 4.30. The van der Waals surface area contributed by atoms with Gasteiger partial charge in [-0.2, -0.15) is 18.3 Å². The van der Waals surface area contributed by atoms with Crippen molar-refractivity contribution in [2.75, 3.05) is 5.73 Å². The van der Waals surface area contributed by atoms with E-state index in [1.807, 2.05) is 0 Å². The van der Waals surface area contributed by atoms with Gasteiger partial charge in [-0.15, -0.1) is 0 Å². The second-order valence-corrected chi connectivity index (χ2v) is 7.37. The molecule has 0 atom stereocenters. The molecule has 12 heteroatoms. The summed E-state index contributed by atoms with van der Waals surface area (Å²) in [4.78, 5) is 17.0. The monoisotopic (exact) mass is 469 g/mol. The molecule has 7 nitrogen and oxygen atoms in total. The molecule has 4 aromatic rings. The molecule has 31 heavy (non-hydrogen) atoms. The van der Waals surface area contributed by atoms with Crippen LogP contribution in [0.15, 0.2) is 47.4 Å². The lowest BCUT2D eigenvalue weighted by Gasteiger charge is -2.15. The number of aromatic nitrogens is 4. The Hall–Kier alpha value is -3.24. The van der Waals surface area contributed by atoms with Gasteiger partial charge in [0, 0.05) is 21.6 Å². The lowest BCUT2D eigenvalue weighted by Crippen LogP contribution is -2.25. The van der Waals surface area contributed by atoms with Crippen molar-refractivity contribution in [3.63, 3.8) is 0 Å². The molecule has 3 N–H and O–H groups in total. The van der Waals surface area contributed by atoms with Crippen LogP contribution in [-0.4, -0.2) is 19.7 Å². The minimum atomic E-state index is -4.82. The summed E-state index contributed by atoms with van der Waals surface area (Å²) in [5.74, 6) is -0.747. The largest absolute Gasteiger partial charge is 0.451 e. The summed E-state index contributed by atoms with van der Waals surface area (Å²) in [6.45, 7) is -0.130. The average molecular weight is 470 g/mol. The predicted molar refractivity (Wildman–Crippen MR) is 110 cm³/mol. The number of hydrogen-bond donors (Lipinski definition) is 2. The van der Waals surface area contributed by atoms with Crippen LogP contribution in [0.25, 0.3) is 11.0 Å². The van der Waals surface area contributed by atoms with E-state index in [1.165, 1.54) is 18.2 Å². The second-order valence-electron chi connectivity index (χ2n) is 6.50. The quantitative estimate of drug-likeness (QED) is 0.444. The van der Waals surface area contributed by atoms with E-state index in [-0.39, 0.29) is 28.2 Å². The van der Waals surface area contributed by atoms with Gasteiger partial charge in [-0.1, -0.05) is 23.2 Å². The number of nitrogen functional groups attached to an aromatic ring is 1. The van der Waals surface area contributed by atoms with Crippen LogP contribution in [0.3, 0.4) is 0 Å². The first-order chi connectivity index (χ1) is 14.6. The van der Waals surface area contributed by atoms with Gasteiger partial charge in [0.25, 0.3) is 5.56 Å². The number of halogens is 5. The molecule has 4 rings (SSSR count). The maximum absolute atomic E-state index is 13.5. The van der Waals surface area contributed by atoms with Crippen molar-refractivity contribution < 1.29 is 17.9 Å². The number of nitrogens with zero attached hydrogens (tertiary/aromatic N) is 3. The highest BCUT2D eigenvalue weighted by Gasteiger charge is 2.36. The zero-order chi connectivity index (χ0) is 22.3. The average Bonchev–Trinajstić information content (AvgIpc) is 3.05. The number of nitrogens with two attached hydrogens (primary N) is 1. The first-order valence-electron chi connectivity index (χ1n) is 8.66. The Balaban J connectivity index is 1.79. The SMILES string of the molecule is Nc1ccc2c(Cn3ccc(C(F)(F)F)c(Oc4cc(Cl)cc(Cl)c4)c3=O)n[nH]c2n1. The Morgan fingerprint density at radius 2 is 1.84 bits per heavy atom. The third-order valence-electron chi connectivity index (χ3n) is 4.33. The fourth-order valence-corrected chi connectivity index (χ4v) is 3.47. The van der Waals surface area contributed by atoms with Crippen LogP contribution in [0.5, 0.6) is 11.5 Å². The number of ether oxygens (including phenoxy) is 1. The summed E-state index contributed by atoms with van der Waals surface area (Å²) >= 11 is 11.8. The number of benzene rings is 1. The number of nitrogens with one attached hydrogen (secondary N) is 1. The Morgan fingerprint density at radius 1 is 1.13 bits per heavy atom. The lowest BCUT2D eigenvalue weighted by molar-refractivity contribution is -0.138. The van der Waals surface area contributed by atoms with E-state index in [9.17, 15) is 18.0 Å². The van der Waals surface area contributed by atoms with Gasteiger partial charge in [-0.05, 0) is 36.4 Å². The fourth-order valence-electron chi connectivity index (χ4n) is 2.96. The van der Waals surface area contributed by atoms with Gasteiger partial charge in [0.15, 0.2) is 5.65 Å². The van der Waals surface area contributed by atoms with Gasteiger partial charge in [-0.3, -0.25) is 9.89 Å². The van der Waals surface area contributed by atoms with Crippen LogP contribution < -0.4 is 16.0 Å². The van der Waals surface area contributed by atoms with E-state index >= 15 is 0 Å². The standard InChI is InChI=1S/C19H12Cl2F3N5O2/c20-9-5-10(21)7-11(6-9)31-16-13(19(22,23)24)3-4-29(18(16)30)8-14-12-1-2-15(25)26-17(12)28-27-14/h1-7H,8H2,(H3,25,26,27,28). The van der Waals surface area contributed by atoms with E-state index in [4.69, 9.17) is 33.7 Å². The molecule has 0 saturated carbocycles. The predicted octanol–water partition coefficient (Wildman–Crippen LogP) is 4.87. The van der Waals surface area contributed by atoms with Gasteiger partial charge in [0.05, 0.1) is 12.2 Å². The molecule has 3 aromatic heterocycles. The molecule has 0 unspecified atom stereocenters. The number of aromatic amines is 1. The number of anilines is 1. The Morgan fingerprint density at radius 3 is 2.52 bits per heavy atom. The number of rotatable bonds is 4. The molecule has 0 bridgehead atoms. The van der Waals surface area contributed by atoms with Crippen molar-refractivity contribution in [3.8, 4) is 11.5 Å². The molecule has 0 spiro atoms. The molecule has 0 saturated heterocycles. The Kier molecular flexibility index (Phi) is 5.28. The van der Waals surface area contributed by atoms with Gasteiger partial charge in [0.2, 0.25) is 5.75 Å². The molecule has 160 valence electrons. The first kappa shape index (κ1) is 21.0. The summed E-state index contributed by atoms with van der Waals surface area (Å²) in [7, 11) is 0. The summed E-state index contributed by atoms with van der Waals surface area (Å²) in [6, 6.07) is 7.84. The van der Waals surface area contributed by atoms with E-state index in [0.717, 1.165) is 16.8 Å². The van der Waals surface area contributed by atoms with E-state index < -0.39 is 23.0 Å². The summed E-state index contributed by atoms with van der Waals surface area (Å²) in [5, 5.41) is 7.61. The maximum atomic E-state index is 13.5. The number of hydrogen-bond acceptors (Lipinski definition) is 5. The molecule has 0 aliphatic heterocycles. The molecular weight excluding hydrogens is 458 g/mol. The van der Waals surface area contributed by atoms with Crippen molar-refractivity contribution in [1.29, 1.82) is 0 Å². The van der Waals surface area contributed by atoms with E-state index in [0.29, 0.717) is 16.7 Å². The minimum Gasteiger partial charge on any atom is -0.451 e. The zero-order valence-electron chi connectivity index (χ0n) is 15.4. The third-order valence-corrected chi connectivity index (χ3v) is 4.76. The van der Waals surface area contributed by atoms with Crippen LogP contribution in [0.4, 0.5) is 19.0 Å². The molecule has 0 fully saturated rings. The van der Waals surface area contributed by atoms with Gasteiger partial charge in [-0.25, -0.2) is 4.98 Å². The van der Waals surface area contributed by atoms with E-state index in [2.05, 4.69) is 15.2 Å². The molecule has 0 radical (unpaired) electrons. The molecule has 3 heterocycles. The Bertz CT molecular complexity index is 1330. The summed E-state index contributed by atoms with van der Waals surface area (Å²) in [6.07, 6.45) is -3.80. The van der Waals surface area contributed by atoms with Gasteiger partial charge in [0.1, 0.15) is 17.1 Å². The van der Waals surface area contributed by atoms with Gasteiger partial charge >= 0.3 is 6.18 Å². The number of pyridine rings is 2. The second kappa shape index (κ2) is 7.78. The van der Waals surface area contributed by atoms with Crippen molar-refractivity contribution in [3.05, 3.63) is 74.3 Å².